The third-order valence-corrected chi connectivity index (χ3v) is 6.26. The van der Waals surface area contributed by atoms with Crippen molar-refractivity contribution < 1.29 is 21.9 Å². The van der Waals surface area contributed by atoms with Gasteiger partial charge in [-0.1, -0.05) is 13.0 Å². The van der Waals surface area contributed by atoms with Crippen LogP contribution in [-0.4, -0.2) is 40.0 Å². The van der Waals surface area contributed by atoms with Crippen molar-refractivity contribution in [2.24, 2.45) is 0 Å². The number of H-pyrrole nitrogens is 1. The summed E-state index contributed by atoms with van der Waals surface area (Å²) in [5.41, 5.74) is -0.375. The molecular formula is C21H20F2N6O4S. The van der Waals surface area contributed by atoms with E-state index in [0.717, 1.165) is 4.57 Å². The van der Waals surface area contributed by atoms with Crippen LogP contribution in [0.4, 0.5) is 14.6 Å². The zero-order chi connectivity index (χ0) is 24.5. The summed E-state index contributed by atoms with van der Waals surface area (Å²) >= 11 is 0. The van der Waals surface area contributed by atoms with Crippen LogP contribution in [0.3, 0.4) is 0 Å². The number of imidazole rings is 1. The molecule has 0 aliphatic rings. The SMILES string of the molecule is CCCn1c(C(F)F)nc2nc(-c3ccc(NS(=O)(=O)c4cccc(OC)c4)nc3)[nH]c2c1=O. The molecular weight excluding hydrogens is 470 g/mol. The van der Waals surface area contributed by atoms with Crippen LogP contribution in [-0.2, 0) is 16.6 Å². The maximum Gasteiger partial charge on any atom is 0.295 e. The zero-order valence-electron chi connectivity index (χ0n) is 18.1. The van der Waals surface area contributed by atoms with Crippen molar-refractivity contribution in [2.45, 2.75) is 31.2 Å². The molecule has 0 amide bonds. The Bertz CT molecular complexity index is 1500. The van der Waals surface area contributed by atoms with E-state index in [2.05, 4.69) is 24.7 Å². The highest BCUT2D eigenvalue weighted by Crippen LogP contribution is 2.23. The van der Waals surface area contributed by atoms with Gasteiger partial charge in [0.15, 0.2) is 17.0 Å². The molecule has 0 aliphatic heterocycles. The second-order valence-electron chi connectivity index (χ2n) is 7.23. The molecule has 1 aromatic carbocycles. The number of sulfonamides is 1. The number of aromatic amines is 1. The first-order valence-electron chi connectivity index (χ1n) is 10.2. The molecule has 0 saturated heterocycles. The number of anilines is 1. The summed E-state index contributed by atoms with van der Waals surface area (Å²) in [4.78, 5) is 27.6. The van der Waals surface area contributed by atoms with Gasteiger partial charge in [-0.05, 0) is 30.7 Å². The van der Waals surface area contributed by atoms with E-state index in [9.17, 15) is 22.0 Å². The largest absolute Gasteiger partial charge is 0.497 e. The summed E-state index contributed by atoms with van der Waals surface area (Å²) in [6.07, 6.45) is -1.12. The molecule has 3 heterocycles. The zero-order valence-corrected chi connectivity index (χ0v) is 18.9. The minimum absolute atomic E-state index is 0.000669. The van der Waals surface area contributed by atoms with Crippen LogP contribution in [0.1, 0.15) is 25.6 Å². The molecule has 4 aromatic rings. The number of methoxy groups -OCH3 is 1. The second kappa shape index (κ2) is 9.17. The van der Waals surface area contributed by atoms with Crippen molar-refractivity contribution in [2.75, 3.05) is 11.8 Å². The Morgan fingerprint density at radius 2 is 2.00 bits per heavy atom. The maximum atomic E-state index is 13.4. The Hall–Kier alpha value is -3.87. The molecule has 34 heavy (non-hydrogen) atoms. The molecule has 2 N–H and O–H groups in total. The topological polar surface area (TPSA) is 132 Å². The van der Waals surface area contributed by atoms with Crippen LogP contribution in [0, 0.1) is 0 Å². The monoisotopic (exact) mass is 490 g/mol. The average molecular weight is 490 g/mol. The summed E-state index contributed by atoms with van der Waals surface area (Å²) in [6, 6.07) is 8.89. The van der Waals surface area contributed by atoms with Crippen LogP contribution in [0.5, 0.6) is 5.75 Å². The van der Waals surface area contributed by atoms with Gasteiger partial charge < -0.3 is 9.72 Å². The molecule has 0 aliphatic carbocycles. The van der Waals surface area contributed by atoms with Crippen LogP contribution in [0.2, 0.25) is 0 Å². The van der Waals surface area contributed by atoms with E-state index in [1.165, 1.54) is 37.6 Å². The highest BCUT2D eigenvalue weighted by Gasteiger charge is 2.21. The molecule has 10 nitrogen and oxygen atoms in total. The molecule has 0 spiro atoms. The van der Waals surface area contributed by atoms with Gasteiger partial charge in [0, 0.05) is 24.4 Å². The molecule has 0 saturated carbocycles. The van der Waals surface area contributed by atoms with Crippen LogP contribution in [0.25, 0.3) is 22.6 Å². The molecule has 0 bridgehead atoms. The standard InChI is InChI=1S/C21H20F2N6O4S/c1-3-9-29-20(17(22)23)27-19-16(21(29)30)25-18(26-19)12-7-8-15(24-11-12)28-34(31,32)14-6-4-5-13(10-14)33-2/h4-8,10-11,17H,3,9H2,1-2H3,(H,24,28)(H,25,26). The van der Waals surface area contributed by atoms with Gasteiger partial charge in [-0.2, -0.15) is 0 Å². The number of aromatic nitrogens is 5. The summed E-state index contributed by atoms with van der Waals surface area (Å²) in [6.45, 7) is 1.86. The number of benzene rings is 1. The number of hydrogen-bond acceptors (Lipinski definition) is 7. The van der Waals surface area contributed by atoms with E-state index in [1.807, 2.05) is 0 Å². The molecule has 0 unspecified atom stereocenters. The first-order valence-corrected chi connectivity index (χ1v) is 11.6. The van der Waals surface area contributed by atoms with E-state index < -0.39 is 27.8 Å². The summed E-state index contributed by atoms with van der Waals surface area (Å²) in [5, 5.41) is 0. The van der Waals surface area contributed by atoms with Crippen molar-refractivity contribution in [3.63, 3.8) is 0 Å². The molecule has 3 aromatic heterocycles. The van der Waals surface area contributed by atoms with Gasteiger partial charge in [0.25, 0.3) is 22.0 Å². The molecule has 13 heteroatoms. The fourth-order valence-electron chi connectivity index (χ4n) is 3.30. The van der Waals surface area contributed by atoms with Gasteiger partial charge in [0.05, 0.1) is 12.0 Å². The Kier molecular flexibility index (Phi) is 6.28. The van der Waals surface area contributed by atoms with E-state index >= 15 is 0 Å². The van der Waals surface area contributed by atoms with E-state index in [0.29, 0.717) is 17.7 Å². The second-order valence-corrected chi connectivity index (χ2v) is 8.91. The molecule has 4 rings (SSSR count). The first-order chi connectivity index (χ1) is 16.2. The smallest absolute Gasteiger partial charge is 0.295 e. The number of hydrogen-bond donors (Lipinski definition) is 2. The quantitative estimate of drug-likeness (QED) is 0.387. The van der Waals surface area contributed by atoms with E-state index in [1.54, 1.807) is 19.1 Å². The Morgan fingerprint density at radius 3 is 2.65 bits per heavy atom. The normalized spacial score (nSPS) is 11.8. The third kappa shape index (κ3) is 4.46. The lowest BCUT2D eigenvalue weighted by molar-refractivity contribution is 0.133. The average Bonchev–Trinajstić information content (AvgIpc) is 3.25. The number of pyridine rings is 1. The number of ether oxygens (including phenoxy) is 1. The highest BCUT2D eigenvalue weighted by atomic mass is 32.2. The number of rotatable bonds is 8. The Balaban J connectivity index is 1.64. The number of alkyl halides is 2. The lowest BCUT2D eigenvalue weighted by Crippen LogP contribution is -2.25. The van der Waals surface area contributed by atoms with Crippen molar-refractivity contribution in [1.82, 2.24) is 24.5 Å². The highest BCUT2D eigenvalue weighted by molar-refractivity contribution is 7.92. The van der Waals surface area contributed by atoms with Gasteiger partial charge in [0.1, 0.15) is 17.4 Å². The van der Waals surface area contributed by atoms with Crippen molar-refractivity contribution >= 4 is 27.0 Å². The predicted molar refractivity (Wildman–Crippen MR) is 120 cm³/mol. The fraction of sp³-hybridized carbons (Fsp3) is 0.238. The predicted octanol–water partition coefficient (Wildman–Crippen LogP) is 3.34. The van der Waals surface area contributed by atoms with Crippen molar-refractivity contribution in [1.29, 1.82) is 0 Å². The van der Waals surface area contributed by atoms with Gasteiger partial charge >= 0.3 is 0 Å². The Labute approximate surface area is 192 Å². The molecule has 178 valence electrons. The number of fused-ring (bicyclic) bond motifs is 1. The van der Waals surface area contributed by atoms with Gasteiger partial charge in [-0.3, -0.25) is 14.1 Å². The summed E-state index contributed by atoms with van der Waals surface area (Å²) < 4.78 is 60.4. The lowest BCUT2D eigenvalue weighted by Gasteiger charge is -2.09. The van der Waals surface area contributed by atoms with Crippen LogP contribution in [0.15, 0.2) is 52.3 Å². The molecule has 0 radical (unpaired) electrons. The minimum Gasteiger partial charge on any atom is -0.497 e. The number of nitrogens with one attached hydrogen (secondary N) is 2. The first kappa shape index (κ1) is 23.3. The van der Waals surface area contributed by atoms with Crippen LogP contribution < -0.4 is 15.0 Å². The minimum atomic E-state index is -3.91. The van der Waals surface area contributed by atoms with Crippen molar-refractivity contribution in [3.8, 4) is 17.1 Å². The van der Waals surface area contributed by atoms with Gasteiger partial charge in [-0.25, -0.2) is 32.2 Å². The number of halogens is 2. The fourth-order valence-corrected chi connectivity index (χ4v) is 4.35. The van der Waals surface area contributed by atoms with Crippen molar-refractivity contribution in [3.05, 3.63) is 58.8 Å². The lowest BCUT2D eigenvalue weighted by atomic mass is 10.3. The third-order valence-electron chi connectivity index (χ3n) is 4.91. The van der Waals surface area contributed by atoms with E-state index in [-0.39, 0.29) is 34.2 Å². The number of nitrogens with zero attached hydrogens (tertiary/aromatic N) is 4. The maximum absolute atomic E-state index is 13.4. The van der Waals surface area contributed by atoms with E-state index in [4.69, 9.17) is 4.74 Å². The summed E-state index contributed by atoms with van der Waals surface area (Å²) in [5.74, 6) is -0.0228. The molecule has 0 fully saturated rings. The Morgan fingerprint density at radius 1 is 1.21 bits per heavy atom. The summed E-state index contributed by atoms with van der Waals surface area (Å²) in [7, 11) is -2.48. The van der Waals surface area contributed by atoms with Gasteiger partial charge in [-0.15, -0.1) is 0 Å². The molecule has 0 atom stereocenters. The van der Waals surface area contributed by atoms with Gasteiger partial charge in [0.2, 0.25) is 0 Å². The van der Waals surface area contributed by atoms with Crippen LogP contribution >= 0.6 is 0 Å².